The normalized spacial score (nSPS) is 15.3. The molecule has 1 aromatic carbocycles. The lowest BCUT2D eigenvalue weighted by Crippen LogP contribution is -2.35. The van der Waals surface area contributed by atoms with Crippen molar-refractivity contribution in [2.45, 2.75) is 44.6 Å². The summed E-state index contributed by atoms with van der Waals surface area (Å²) in [5.74, 6) is 0.422. The van der Waals surface area contributed by atoms with E-state index in [-0.39, 0.29) is 16.9 Å². The van der Waals surface area contributed by atoms with Crippen molar-refractivity contribution in [1.29, 1.82) is 0 Å². The predicted octanol–water partition coefficient (Wildman–Crippen LogP) is 4.32. The molecule has 1 aromatic heterocycles. The maximum atomic E-state index is 13.0. The third kappa shape index (κ3) is 3.43. The number of nitrogens with zero attached hydrogens (tertiary/aromatic N) is 1. The van der Waals surface area contributed by atoms with Crippen molar-refractivity contribution < 1.29 is 9.53 Å². The van der Waals surface area contributed by atoms with Crippen LogP contribution in [0, 0.1) is 0 Å². The Bertz CT molecular complexity index is 787. The van der Waals surface area contributed by atoms with Crippen LogP contribution < -0.4 is 10.1 Å². The number of carbonyl (C=O) groups excluding carboxylic acids is 1. The first-order valence-electron chi connectivity index (χ1n) is 8.52. The minimum absolute atomic E-state index is 0.146. The fourth-order valence-corrected chi connectivity index (χ4v) is 3.02. The second-order valence-electron chi connectivity index (χ2n) is 7.47. The Hall–Kier alpha value is -2.62. The second kappa shape index (κ2) is 6.36. The van der Waals surface area contributed by atoms with Crippen molar-refractivity contribution in [2.24, 2.45) is 0 Å². The zero-order chi connectivity index (χ0) is 18.1. The molecule has 0 aliphatic heterocycles. The molecule has 130 valence electrons. The van der Waals surface area contributed by atoms with Gasteiger partial charge in [0.05, 0.1) is 23.1 Å². The van der Waals surface area contributed by atoms with Crippen LogP contribution in [0.3, 0.4) is 0 Å². The van der Waals surface area contributed by atoms with E-state index in [1.165, 1.54) is 6.26 Å². The van der Waals surface area contributed by atoms with E-state index < -0.39 is 0 Å². The molecule has 2 aromatic rings. The summed E-state index contributed by atoms with van der Waals surface area (Å²) in [6.07, 6.45) is 4.92. The SMILES string of the molecule is C=COc1c(C(=O)NC2(c3ccccn3)CC2)cccc1C(C)(C)C. The summed E-state index contributed by atoms with van der Waals surface area (Å²) in [4.78, 5) is 17.4. The van der Waals surface area contributed by atoms with Gasteiger partial charge in [-0.15, -0.1) is 0 Å². The molecule has 1 amide bonds. The van der Waals surface area contributed by atoms with Gasteiger partial charge in [0.25, 0.3) is 5.91 Å². The Morgan fingerprint density at radius 1 is 1.24 bits per heavy atom. The first-order valence-corrected chi connectivity index (χ1v) is 8.52. The van der Waals surface area contributed by atoms with Gasteiger partial charge in [0.15, 0.2) is 0 Å². The number of aromatic nitrogens is 1. The molecule has 4 heteroatoms. The fraction of sp³-hybridized carbons (Fsp3) is 0.333. The van der Waals surface area contributed by atoms with Gasteiger partial charge >= 0.3 is 0 Å². The molecule has 1 saturated carbocycles. The van der Waals surface area contributed by atoms with Crippen LogP contribution in [0.5, 0.6) is 5.75 Å². The highest BCUT2D eigenvalue weighted by Gasteiger charge is 2.47. The quantitative estimate of drug-likeness (QED) is 0.827. The van der Waals surface area contributed by atoms with E-state index >= 15 is 0 Å². The van der Waals surface area contributed by atoms with Gasteiger partial charge in [-0.3, -0.25) is 9.78 Å². The van der Waals surface area contributed by atoms with Gasteiger partial charge in [0.2, 0.25) is 0 Å². The van der Waals surface area contributed by atoms with Gasteiger partial charge in [-0.05, 0) is 36.5 Å². The molecule has 0 saturated heterocycles. The van der Waals surface area contributed by atoms with Crippen LogP contribution in [0.15, 0.2) is 55.4 Å². The highest BCUT2D eigenvalue weighted by Crippen LogP contribution is 2.45. The van der Waals surface area contributed by atoms with Gasteiger partial charge < -0.3 is 10.1 Å². The standard InChI is InChI=1S/C21H24N2O2/c1-5-25-18-15(9-8-10-16(18)20(2,3)4)19(24)23-21(12-13-21)17-11-6-7-14-22-17/h5-11,14H,1,12-13H2,2-4H3,(H,23,24). The number of carbonyl (C=O) groups is 1. The Morgan fingerprint density at radius 3 is 2.56 bits per heavy atom. The van der Waals surface area contributed by atoms with Crippen molar-refractivity contribution in [3.8, 4) is 5.75 Å². The highest BCUT2D eigenvalue weighted by molar-refractivity contribution is 5.98. The summed E-state index contributed by atoms with van der Waals surface area (Å²) < 4.78 is 5.64. The molecule has 0 bridgehead atoms. The number of ether oxygens (including phenoxy) is 1. The molecule has 3 rings (SSSR count). The lowest BCUT2D eigenvalue weighted by Gasteiger charge is -2.24. The van der Waals surface area contributed by atoms with Crippen LogP contribution >= 0.6 is 0 Å². The lowest BCUT2D eigenvalue weighted by molar-refractivity contribution is 0.0927. The van der Waals surface area contributed by atoms with Crippen molar-refractivity contribution in [3.63, 3.8) is 0 Å². The number of nitrogens with one attached hydrogen (secondary N) is 1. The summed E-state index contributed by atoms with van der Waals surface area (Å²) in [5.41, 5.74) is 1.90. The summed E-state index contributed by atoms with van der Waals surface area (Å²) in [7, 11) is 0. The second-order valence-corrected chi connectivity index (χ2v) is 7.47. The van der Waals surface area contributed by atoms with Gasteiger partial charge in [-0.1, -0.05) is 45.5 Å². The van der Waals surface area contributed by atoms with E-state index in [9.17, 15) is 4.79 Å². The summed E-state index contributed by atoms with van der Waals surface area (Å²) in [6.45, 7) is 9.93. The first-order chi connectivity index (χ1) is 11.9. The van der Waals surface area contributed by atoms with E-state index in [2.05, 4.69) is 37.7 Å². The summed E-state index contributed by atoms with van der Waals surface area (Å²) in [5, 5.41) is 3.16. The molecular formula is C21H24N2O2. The average molecular weight is 336 g/mol. The zero-order valence-corrected chi connectivity index (χ0v) is 15.0. The zero-order valence-electron chi connectivity index (χ0n) is 15.0. The number of rotatable bonds is 5. The topological polar surface area (TPSA) is 51.2 Å². The van der Waals surface area contributed by atoms with Crippen LogP contribution in [0.25, 0.3) is 0 Å². The maximum Gasteiger partial charge on any atom is 0.255 e. The Labute approximate surface area is 148 Å². The molecule has 4 nitrogen and oxygen atoms in total. The van der Waals surface area contributed by atoms with E-state index in [1.54, 1.807) is 12.3 Å². The van der Waals surface area contributed by atoms with Crippen molar-refractivity contribution in [1.82, 2.24) is 10.3 Å². The van der Waals surface area contributed by atoms with Crippen LogP contribution in [-0.2, 0) is 11.0 Å². The summed E-state index contributed by atoms with van der Waals surface area (Å²) >= 11 is 0. The third-order valence-corrected chi connectivity index (χ3v) is 4.53. The van der Waals surface area contributed by atoms with Crippen molar-refractivity contribution in [3.05, 3.63) is 72.3 Å². The molecule has 1 fully saturated rings. The molecule has 1 aliphatic carbocycles. The van der Waals surface area contributed by atoms with E-state index in [0.717, 1.165) is 24.1 Å². The largest absolute Gasteiger partial charge is 0.464 e. The minimum Gasteiger partial charge on any atom is -0.464 e. The Balaban J connectivity index is 1.94. The number of hydrogen-bond donors (Lipinski definition) is 1. The van der Waals surface area contributed by atoms with E-state index in [1.807, 2.05) is 30.3 Å². The average Bonchev–Trinajstić information content (AvgIpc) is 3.36. The molecule has 0 unspecified atom stereocenters. The van der Waals surface area contributed by atoms with Crippen molar-refractivity contribution in [2.75, 3.05) is 0 Å². The van der Waals surface area contributed by atoms with E-state index in [0.29, 0.717) is 11.3 Å². The lowest BCUT2D eigenvalue weighted by atomic mass is 9.85. The molecule has 0 atom stereocenters. The highest BCUT2D eigenvalue weighted by atomic mass is 16.5. The Morgan fingerprint density at radius 2 is 2.00 bits per heavy atom. The van der Waals surface area contributed by atoms with E-state index in [4.69, 9.17) is 4.74 Å². The van der Waals surface area contributed by atoms with Gasteiger partial charge in [0, 0.05) is 11.8 Å². The summed E-state index contributed by atoms with van der Waals surface area (Å²) in [6, 6.07) is 11.5. The maximum absolute atomic E-state index is 13.0. The minimum atomic E-state index is -0.360. The van der Waals surface area contributed by atoms with Crippen molar-refractivity contribution >= 4 is 5.91 Å². The molecule has 1 aliphatic rings. The van der Waals surface area contributed by atoms with Crippen LogP contribution in [0.1, 0.15) is 55.2 Å². The molecule has 0 spiro atoms. The smallest absolute Gasteiger partial charge is 0.255 e. The molecular weight excluding hydrogens is 312 g/mol. The molecule has 1 heterocycles. The van der Waals surface area contributed by atoms with Gasteiger partial charge in [0.1, 0.15) is 5.75 Å². The first kappa shape index (κ1) is 17.2. The van der Waals surface area contributed by atoms with Crippen LogP contribution in [-0.4, -0.2) is 10.9 Å². The molecule has 25 heavy (non-hydrogen) atoms. The fourth-order valence-electron chi connectivity index (χ4n) is 3.02. The Kier molecular flexibility index (Phi) is 4.38. The van der Waals surface area contributed by atoms with Crippen LogP contribution in [0.4, 0.5) is 0 Å². The molecule has 1 N–H and O–H groups in total. The predicted molar refractivity (Wildman–Crippen MR) is 98.6 cm³/mol. The molecule has 0 radical (unpaired) electrons. The van der Waals surface area contributed by atoms with Crippen LogP contribution in [0.2, 0.25) is 0 Å². The number of hydrogen-bond acceptors (Lipinski definition) is 3. The van der Waals surface area contributed by atoms with Gasteiger partial charge in [-0.2, -0.15) is 0 Å². The number of benzene rings is 1. The number of amides is 1. The third-order valence-electron chi connectivity index (χ3n) is 4.53. The van der Waals surface area contributed by atoms with Gasteiger partial charge in [-0.25, -0.2) is 0 Å². The monoisotopic (exact) mass is 336 g/mol. The number of para-hydroxylation sites is 1. The number of pyridine rings is 1.